The van der Waals surface area contributed by atoms with E-state index in [9.17, 15) is 14.7 Å². The molecule has 0 aliphatic carbocycles. The molecule has 7 heteroatoms. The van der Waals surface area contributed by atoms with Crippen molar-refractivity contribution in [1.82, 2.24) is 4.90 Å². The van der Waals surface area contributed by atoms with Crippen LogP contribution in [-0.2, 0) is 9.59 Å². The van der Waals surface area contributed by atoms with Crippen LogP contribution in [-0.4, -0.2) is 34.2 Å². The Bertz CT molecular complexity index is 544. The van der Waals surface area contributed by atoms with Crippen molar-refractivity contribution in [2.24, 2.45) is 4.99 Å². The maximum Gasteiger partial charge on any atom is 0.229 e. The van der Waals surface area contributed by atoms with E-state index >= 15 is 0 Å². The highest BCUT2D eigenvalue weighted by atomic mass is 35.5. The largest absolute Gasteiger partial charge is 0.549 e. The number of hydrogen-bond acceptors (Lipinski definition) is 5. The van der Waals surface area contributed by atoms with Crippen LogP contribution in [0.4, 0.5) is 5.69 Å². The van der Waals surface area contributed by atoms with E-state index in [0.717, 1.165) is 11.8 Å². The van der Waals surface area contributed by atoms with E-state index in [1.54, 1.807) is 31.3 Å². The highest BCUT2D eigenvalue weighted by Gasteiger charge is 2.30. The molecule has 1 aromatic carbocycles. The molecule has 1 aliphatic heterocycles. The molecule has 0 saturated carbocycles. The third-order valence-electron chi connectivity index (χ3n) is 2.58. The van der Waals surface area contributed by atoms with Crippen LogP contribution in [0.5, 0.6) is 0 Å². The molecule has 1 aliphatic rings. The van der Waals surface area contributed by atoms with E-state index in [4.69, 9.17) is 11.6 Å². The monoisotopic (exact) mass is 297 g/mol. The molecule has 1 fully saturated rings. The number of aliphatic carboxylic acids is 1. The van der Waals surface area contributed by atoms with Crippen LogP contribution in [0.25, 0.3) is 0 Å². The minimum Gasteiger partial charge on any atom is -0.549 e. The second-order valence-electron chi connectivity index (χ2n) is 3.95. The molecule has 100 valence electrons. The number of nitrogens with zero attached hydrogens (tertiary/aromatic N) is 2. The lowest BCUT2D eigenvalue weighted by molar-refractivity contribution is -0.304. The Labute approximate surface area is 119 Å². The first-order valence-electron chi connectivity index (χ1n) is 5.45. The third-order valence-corrected chi connectivity index (χ3v) is 4.05. The fraction of sp³-hybridized carbons (Fsp3) is 0.250. The van der Waals surface area contributed by atoms with E-state index in [1.165, 1.54) is 4.90 Å². The van der Waals surface area contributed by atoms with Gasteiger partial charge in [0.05, 0.1) is 16.9 Å². The van der Waals surface area contributed by atoms with Gasteiger partial charge in [0.2, 0.25) is 5.91 Å². The van der Waals surface area contributed by atoms with Gasteiger partial charge in [-0.1, -0.05) is 23.4 Å². The van der Waals surface area contributed by atoms with Gasteiger partial charge in [-0.15, -0.1) is 0 Å². The van der Waals surface area contributed by atoms with Gasteiger partial charge < -0.3 is 9.90 Å². The molecule has 0 N–H and O–H groups in total. The van der Waals surface area contributed by atoms with Gasteiger partial charge in [0.1, 0.15) is 0 Å². The molecule has 0 bridgehead atoms. The number of halogens is 1. The first-order chi connectivity index (χ1) is 8.97. The van der Waals surface area contributed by atoms with Gasteiger partial charge in [-0.2, -0.15) is 0 Å². The van der Waals surface area contributed by atoms with Crippen molar-refractivity contribution in [3.05, 3.63) is 29.3 Å². The lowest BCUT2D eigenvalue weighted by Gasteiger charge is -2.29. The van der Waals surface area contributed by atoms with Crippen molar-refractivity contribution < 1.29 is 14.7 Å². The van der Waals surface area contributed by atoms with Crippen molar-refractivity contribution in [1.29, 1.82) is 0 Å². The number of amidine groups is 1. The van der Waals surface area contributed by atoms with Gasteiger partial charge in [0.15, 0.2) is 5.17 Å². The summed E-state index contributed by atoms with van der Waals surface area (Å²) in [5, 5.41) is 10.9. The zero-order valence-corrected chi connectivity index (χ0v) is 11.6. The van der Waals surface area contributed by atoms with Gasteiger partial charge in [0, 0.05) is 18.5 Å². The van der Waals surface area contributed by atoms with Gasteiger partial charge in [-0.3, -0.25) is 9.69 Å². The van der Waals surface area contributed by atoms with Gasteiger partial charge >= 0.3 is 0 Å². The zero-order valence-electron chi connectivity index (χ0n) is 10.00. The van der Waals surface area contributed by atoms with Gasteiger partial charge in [0.25, 0.3) is 0 Å². The predicted octanol–water partition coefficient (Wildman–Crippen LogP) is 1.04. The van der Waals surface area contributed by atoms with Gasteiger partial charge in [-0.25, -0.2) is 4.99 Å². The van der Waals surface area contributed by atoms with Crippen molar-refractivity contribution in [3.63, 3.8) is 0 Å². The fourth-order valence-electron chi connectivity index (χ4n) is 1.51. The number of amides is 1. The fourth-order valence-corrected chi connectivity index (χ4v) is 2.63. The minimum atomic E-state index is -1.25. The molecule has 1 aromatic rings. The van der Waals surface area contributed by atoms with E-state index in [2.05, 4.69) is 4.99 Å². The summed E-state index contributed by atoms with van der Waals surface area (Å²) in [4.78, 5) is 28.2. The molecule has 1 atom stereocenters. The van der Waals surface area contributed by atoms with Crippen LogP contribution in [0.2, 0.25) is 5.02 Å². The molecule has 2 rings (SSSR count). The molecular formula is C12H10ClN2O3S-. The van der Waals surface area contributed by atoms with Crippen LogP contribution in [0.15, 0.2) is 29.3 Å². The highest BCUT2D eigenvalue weighted by Crippen LogP contribution is 2.27. The standard InChI is InChI=1S/C12H11ClN2O3S/c1-15-10(16)6-9(11(17)18)19-12(15)14-8-4-2-7(13)3-5-8/h2-5,9H,6H2,1H3,(H,17,18)/p-1/t9-/m0/s1. The average molecular weight is 298 g/mol. The number of carboxylic acid groups (broad SMARTS) is 1. The number of benzene rings is 1. The molecule has 0 aromatic heterocycles. The summed E-state index contributed by atoms with van der Waals surface area (Å²) in [5.74, 6) is -1.55. The van der Waals surface area contributed by atoms with Crippen molar-refractivity contribution in [3.8, 4) is 0 Å². The molecule has 1 amide bonds. The summed E-state index contributed by atoms with van der Waals surface area (Å²) in [6, 6.07) is 6.73. The van der Waals surface area contributed by atoms with Crippen LogP contribution in [0.1, 0.15) is 6.42 Å². The average Bonchev–Trinajstić information content (AvgIpc) is 2.37. The smallest absolute Gasteiger partial charge is 0.229 e. The first-order valence-corrected chi connectivity index (χ1v) is 6.71. The molecule has 1 heterocycles. The number of carboxylic acids is 1. The molecule has 19 heavy (non-hydrogen) atoms. The van der Waals surface area contributed by atoms with Crippen LogP contribution >= 0.6 is 23.4 Å². The number of carbonyl (C=O) groups excluding carboxylic acids is 2. The number of hydrogen-bond donors (Lipinski definition) is 0. The van der Waals surface area contributed by atoms with Gasteiger partial charge in [-0.05, 0) is 24.3 Å². The summed E-state index contributed by atoms with van der Waals surface area (Å²) in [5.41, 5.74) is 0.602. The Balaban J connectivity index is 2.27. The van der Waals surface area contributed by atoms with E-state index < -0.39 is 11.2 Å². The second kappa shape index (κ2) is 5.63. The molecule has 5 nitrogen and oxygen atoms in total. The second-order valence-corrected chi connectivity index (χ2v) is 5.56. The van der Waals surface area contributed by atoms with Crippen LogP contribution in [0, 0.1) is 0 Å². The lowest BCUT2D eigenvalue weighted by Crippen LogP contribution is -2.45. The molecule has 0 spiro atoms. The number of carbonyl (C=O) groups is 2. The number of rotatable bonds is 2. The van der Waals surface area contributed by atoms with E-state index in [-0.39, 0.29) is 12.3 Å². The highest BCUT2D eigenvalue weighted by molar-refractivity contribution is 8.15. The van der Waals surface area contributed by atoms with Crippen molar-refractivity contribution >= 4 is 46.1 Å². The normalized spacial score (nSPS) is 21.8. The summed E-state index contributed by atoms with van der Waals surface area (Å²) in [6.45, 7) is 0. The predicted molar refractivity (Wildman–Crippen MR) is 72.3 cm³/mol. The molecular weight excluding hydrogens is 288 g/mol. The first kappa shape index (κ1) is 13.9. The topological polar surface area (TPSA) is 72.8 Å². The Morgan fingerprint density at radius 3 is 2.68 bits per heavy atom. The Hall–Kier alpha value is -1.53. The maximum absolute atomic E-state index is 11.7. The van der Waals surface area contributed by atoms with Crippen molar-refractivity contribution in [2.75, 3.05) is 7.05 Å². The summed E-state index contributed by atoms with van der Waals surface area (Å²) < 4.78 is 0. The van der Waals surface area contributed by atoms with E-state index in [0.29, 0.717) is 15.9 Å². The summed E-state index contributed by atoms with van der Waals surface area (Å²) in [6.07, 6.45) is -0.0802. The SMILES string of the molecule is CN1C(=O)C[C@@H](C(=O)[O-])SC1=Nc1ccc(Cl)cc1. The molecule has 0 radical (unpaired) electrons. The van der Waals surface area contributed by atoms with E-state index in [1.807, 2.05) is 0 Å². The summed E-state index contributed by atoms with van der Waals surface area (Å²) in [7, 11) is 1.57. The quantitative estimate of drug-likeness (QED) is 0.817. The molecule has 1 saturated heterocycles. The lowest BCUT2D eigenvalue weighted by atomic mass is 10.3. The Morgan fingerprint density at radius 2 is 2.11 bits per heavy atom. The van der Waals surface area contributed by atoms with Crippen LogP contribution in [0.3, 0.4) is 0 Å². The Kier molecular flexibility index (Phi) is 4.11. The third kappa shape index (κ3) is 3.27. The van der Waals surface area contributed by atoms with Crippen LogP contribution < -0.4 is 5.11 Å². The molecule has 0 unspecified atom stereocenters. The zero-order chi connectivity index (χ0) is 14.0. The minimum absolute atomic E-state index is 0.0802. The maximum atomic E-state index is 11.7. The number of aliphatic imine (C=N–C) groups is 1. The summed E-state index contributed by atoms with van der Waals surface area (Å²) >= 11 is 6.78. The van der Waals surface area contributed by atoms with Crippen molar-refractivity contribution in [2.45, 2.75) is 11.7 Å². The Morgan fingerprint density at radius 1 is 1.47 bits per heavy atom. The number of thioether (sulfide) groups is 1.